The van der Waals surface area contributed by atoms with Crippen molar-refractivity contribution in [1.82, 2.24) is 0 Å². The lowest BCUT2D eigenvalue weighted by Gasteiger charge is -2.17. The fourth-order valence-electron chi connectivity index (χ4n) is 0.619. The van der Waals surface area contributed by atoms with E-state index in [9.17, 15) is 9.90 Å². The molecule has 0 aromatic rings. The van der Waals surface area contributed by atoms with Crippen molar-refractivity contribution in [1.29, 1.82) is 0 Å². The number of hydrogen-bond acceptors (Lipinski definition) is 3. The van der Waals surface area contributed by atoms with E-state index in [1.54, 1.807) is 6.92 Å². The molecule has 0 aromatic heterocycles. The summed E-state index contributed by atoms with van der Waals surface area (Å²) in [7, 11) is 0. The zero-order valence-electron chi connectivity index (χ0n) is 6.16. The van der Waals surface area contributed by atoms with E-state index in [1.807, 2.05) is 0 Å². The van der Waals surface area contributed by atoms with E-state index in [1.165, 1.54) is 13.0 Å². The van der Waals surface area contributed by atoms with Crippen LogP contribution < -0.4 is 0 Å². The van der Waals surface area contributed by atoms with E-state index in [0.717, 1.165) is 0 Å². The number of rotatable bonds is 3. The first-order valence-corrected chi connectivity index (χ1v) is 3.03. The van der Waals surface area contributed by atoms with Crippen LogP contribution >= 0.6 is 0 Å². The predicted molar refractivity (Wildman–Crippen MR) is 37.5 cm³/mol. The summed E-state index contributed by atoms with van der Waals surface area (Å²) in [5.74, 6) is 0. The lowest BCUT2D eigenvalue weighted by molar-refractivity contribution is -0.119. The van der Waals surface area contributed by atoms with Crippen molar-refractivity contribution in [2.45, 2.75) is 19.4 Å². The Kier molecular flexibility index (Phi) is 3.25. The minimum atomic E-state index is -1.51. The number of carbonyl (C=O) groups excluding carboxylic acids is 1. The zero-order chi connectivity index (χ0) is 8.20. The van der Waals surface area contributed by atoms with Crippen LogP contribution in [0.15, 0.2) is 11.6 Å². The van der Waals surface area contributed by atoms with Crippen LogP contribution in [-0.4, -0.2) is 28.7 Å². The van der Waals surface area contributed by atoms with Gasteiger partial charge < -0.3 is 10.2 Å². The molecule has 0 bridgehead atoms. The molecule has 0 heterocycles. The second-order valence-electron chi connectivity index (χ2n) is 2.24. The van der Waals surface area contributed by atoms with Gasteiger partial charge in [0.1, 0.15) is 5.60 Å². The number of hydrogen-bond donors (Lipinski definition) is 2. The first kappa shape index (κ1) is 9.33. The number of aliphatic hydroxyl groups excluding tert-OH is 1. The molecule has 0 saturated heterocycles. The summed E-state index contributed by atoms with van der Waals surface area (Å²) >= 11 is 0. The fourth-order valence-corrected chi connectivity index (χ4v) is 0.619. The maximum absolute atomic E-state index is 10.2. The number of allylic oxidation sites excluding steroid dienone is 1. The highest BCUT2D eigenvalue weighted by Gasteiger charge is 2.22. The van der Waals surface area contributed by atoms with Gasteiger partial charge in [0, 0.05) is 0 Å². The third kappa shape index (κ3) is 1.93. The molecule has 58 valence electrons. The molecule has 3 heteroatoms. The molecule has 0 fully saturated rings. The Balaban J connectivity index is 4.43. The average Bonchev–Trinajstić information content (AvgIpc) is 1.90. The first-order valence-electron chi connectivity index (χ1n) is 3.03. The highest BCUT2D eigenvalue weighted by molar-refractivity contribution is 5.67. The lowest BCUT2D eigenvalue weighted by atomic mass is 9.98. The molecular weight excluding hydrogens is 132 g/mol. The van der Waals surface area contributed by atoms with E-state index in [-0.39, 0.29) is 6.61 Å². The van der Waals surface area contributed by atoms with Crippen molar-refractivity contribution in [3.63, 3.8) is 0 Å². The largest absolute Gasteiger partial charge is 0.392 e. The minimum Gasteiger partial charge on any atom is -0.392 e. The Morgan fingerprint density at radius 2 is 2.20 bits per heavy atom. The van der Waals surface area contributed by atoms with Gasteiger partial charge in [0.05, 0.1) is 6.61 Å². The molecule has 0 aliphatic rings. The van der Waals surface area contributed by atoms with Gasteiger partial charge in [-0.05, 0) is 19.4 Å². The molecule has 1 atom stereocenters. The molecule has 0 spiro atoms. The molecular formula is C7H12O3. The van der Waals surface area contributed by atoms with Crippen LogP contribution in [0.5, 0.6) is 0 Å². The van der Waals surface area contributed by atoms with E-state index in [4.69, 9.17) is 5.11 Å². The van der Waals surface area contributed by atoms with Crippen molar-refractivity contribution in [3.05, 3.63) is 11.6 Å². The summed E-state index contributed by atoms with van der Waals surface area (Å²) in [5.41, 5.74) is -1.19. The molecule has 0 aromatic carbocycles. The number of aldehydes is 1. The van der Waals surface area contributed by atoms with Crippen molar-refractivity contribution in [2.75, 3.05) is 6.61 Å². The van der Waals surface area contributed by atoms with Gasteiger partial charge in [0.15, 0.2) is 6.29 Å². The van der Waals surface area contributed by atoms with Gasteiger partial charge >= 0.3 is 0 Å². The van der Waals surface area contributed by atoms with Gasteiger partial charge in [-0.15, -0.1) is 0 Å². The molecule has 0 radical (unpaired) electrons. The van der Waals surface area contributed by atoms with E-state index in [2.05, 4.69) is 0 Å². The third-order valence-corrected chi connectivity index (χ3v) is 1.40. The van der Waals surface area contributed by atoms with Crippen molar-refractivity contribution in [2.24, 2.45) is 0 Å². The molecule has 0 amide bonds. The Labute approximate surface area is 60.0 Å². The Morgan fingerprint density at radius 3 is 2.30 bits per heavy atom. The molecule has 0 rings (SSSR count). The summed E-state index contributed by atoms with van der Waals surface area (Å²) in [6.45, 7) is 2.71. The number of aliphatic hydroxyl groups is 2. The van der Waals surface area contributed by atoms with E-state index >= 15 is 0 Å². The zero-order valence-corrected chi connectivity index (χ0v) is 6.16. The topological polar surface area (TPSA) is 57.5 Å². The third-order valence-electron chi connectivity index (χ3n) is 1.40. The van der Waals surface area contributed by atoms with Crippen LogP contribution in [0.25, 0.3) is 0 Å². The van der Waals surface area contributed by atoms with E-state index in [0.29, 0.717) is 11.9 Å². The number of carbonyl (C=O) groups is 1. The van der Waals surface area contributed by atoms with Gasteiger partial charge in [-0.25, -0.2) is 0 Å². The van der Waals surface area contributed by atoms with Gasteiger partial charge in [0.25, 0.3) is 0 Å². The van der Waals surface area contributed by atoms with Crippen LogP contribution in [0.1, 0.15) is 13.8 Å². The van der Waals surface area contributed by atoms with E-state index < -0.39 is 5.60 Å². The first-order chi connectivity index (χ1) is 4.58. The lowest BCUT2D eigenvalue weighted by Crippen LogP contribution is -2.30. The molecule has 0 aliphatic heterocycles. The molecule has 10 heavy (non-hydrogen) atoms. The molecule has 0 aliphatic carbocycles. The molecule has 1 unspecified atom stereocenters. The monoisotopic (exact) mass is 144 g/mol. The predicted octanol–water partition coefficient (Wildman–Crippen LogP) is -0.125. The second-order valence-corrected chi connectivity index (χ2v) is 2.24. The smallest absolute Gasteiger partial charge is 0.155 e. The van der Waals surface area contributed by atoms with Crippen molar-refractivity contribution >= 4 is 6.29 Å². The van der Waals surface area contributed by atoms with Crippen molar-refractivity contribution in [3.8, 4) is 0 Å². The van der Waals surface area contributed by atoms with Gasteiger partial charge in [-0.3, -0.25) is 4.79 Å². The summed E-state index contributed by atoms with van der Waals surface area (Å²) < 4.78 is 0. The average molecular weight is 144 g/mol. The SMILES string of the molecule is CC=C(CO)C(C)(O)C=O. The Hall–Kier alpha value is -0.670. The molecule has 0 saturated carbocycles. The summed E-state index contributed by atoms with van der Waals surface area (Å²) in [4.78, 5) is 10.2. The Morgan fingerprint density at radius 1 is 1.70 bits per heavy atom. The van der Waals surface area contributed by atoms with Crippen LogP contribution in [0, 0.1) is 0 Å². The standard InChI is InChI=1S/C7H12O3/c1-3-6(4-8)7(2,10)5-9/h3,5,8,10H,4H2,1-2H3. The fraction of sp³-hybridized carbons (Fsp3) is 0.571. The molecule has 3 nitrogen and oxygen atoms in total. The quantitative estimate of drug-likeness (QED) is 0.428. The highest BCUT2D eigenvalue weighted by Crippen LogP contribution is 2.11. The Bertz CT molecular complexity index is 147. The van der Waals surface area contributed by atoms with Gasteiger partial charge in [-0.2, -0.15) is 0 Å². The van der Waals surface area contributed by atoms with Crippen LogP contribution in [0.3, 0.4) is 0 Å². The maximum Gasteiger partial charge on any atom is 0.155 e. The van der Waals surface area contributed by atoms with Gasteiger partial charge in [0.2, 0.25) is 0 Å². The highest BCUT2D eigenvalue weighted by atomic mass is 16.3. The van der Waals surface area contributed by atoms with Gasteiger partial charge in [-0.1, -0.05) is 6.08 Å². The normalized spacial score (nSPS) is 18.2. The van der Waals surface area contributed by atoms with Crippen LogP contribution in [0.4, 0.5) is 0 Å². The summed E-state index contributed by atoms with van der Waals surface area (Å²) in [6.07, 6.45) is 1.92. The second kappa shape index (κ2) is 3.49. The minimum absolute atomic E-state index is 0.289. The van der Waals surface area contributed by atoms with Crippen molar-refractivity contribution < 1.29 is 15.0 Å². The summed E-state index contributed by atoms with van der Waals surface area (Å²) in [5, 5.41) is 17.8. The molecule has 2 N–H and O–H groups in total. The van der Waals surface area contributed by atoms with Crippen LogP contribution in [-0.2, 0) is 4.79 Å². The van der Waals surface area contributed by atoms with Crippen LogP contribution in [0.2, 0.25) is 0 Å². The maximum atomic E-state index is 10.2. The summed E-state index contributed by atoms with van der Waals surface area (Å²) in [6, 6.07) is 0.